The molecule has 0 aliphatic carbocycles. The minimum Gasteiger partial charge on any atom is -0.391 e. The predicted molar refractivity (Wildman–Crippen MR) is 92.4 cm³/mol. The van der Waals surface area contributed by atoms with Crippen LogP contribution in [0, 0.1) is 0 Å². The van der Waals surface area contributed by atoms with E-state index in [1.807, 2.05) is 39.1 Å². The molecule has 0 amide bonds. The lowest BCUT2D eigenvalue weighted by Gasteiger charge is -2.48. The van der Waals surface area contributed by atoms with Crippen molar-refractivity contribution in [1.82, 2.24) is 0 Å². The van der Waals surface area contributed by atoms with Crippen molar-refractivity contribution in [3.05, 3.63) is 24.6 Å². The molecule has 0 aliphatic heterocycles. The molecule has 6 heteroatoms. The third-order valence-electron chi connectivity index (χ3n) is 3.71. The highest BCUT2D eigenvalue weighted by atomic mass is 28.4. The van der Waals surface area contributed by atoms with Gasteiger partial charge in [0.05, 0.1) is 4.66 Å². The third kappa shape index (κ3) is 3.94. The SMILES string of the molecule is C=C[Si](OCC)(OCC)C(C)(C)[Si](C=C)(OCC)OCC. The summed E-state index contributed by atoms with van der Waals surface area (Å²) in [7, 11) is -5.45. The number of hydrogen-bond acceptors (Lipinski definition) is 4. The molecule has 0 spiro atoms. The molecule has 124 valence electrons. The lowest BCUT2D eigenvalue weighted by atomic mass is 10.5. The summed E-state index contributed by atoms with van der Waals surface area (Å²) in [5, 5.41) is 0. The van der Waals surface area contributed by atoms with Gasteiger partial charge in [0.25, 0.3) is 0 Å². The van der Waals surface area contributed by atoms with Gasteiger partial charge in [0.15, 0.2) is 0 Å². The average Bonchev–Trinajstić information content (AvgIpc) is 2.46. The first-order valence-electron chi connectivity index (χ1n) is 7.69. The molecule has 0 aromatic rings. The highest BCUT2D eigenvalue weighted by molar-refractivity contribution is 6.95. The second-order valence-corrected chi connectivity index (χ2v) is 12.7. The van der Waals surface area contributed by atoms with E-state index in [-0.39, 0.29) is 0 Å². The van der Waals surface area contributed by atoms with Crippen LogP contribution < -0.4 is 0 Å². The van der Waals surface area contributed by atoms with Crippen LogP contribution in [-0.4, -0.2) is 43.5 Å². The van der Waals surface area contributed by atoms with E-state index in [0.29, 0.717) is 26.4 Å². The summed E-state index contributed by atoms with van der Waals surface area (Å²) in [4.78, 5) is 0. The molecular weight excluding hydrogens is 300 g/mol. The Morgan fingerprint density at radius 3 is 1.10 bits per heavy atom. The molecule has 0 aromatic heterocycles. The maximum Gasteiger partial charge on any atom is 0.372 e. The standard InChI is InChI=1S/C15H32O4Si2/c1-9-16-20(13-5,17-10-2)15(7,8)21(14-6,18-11-3)19-12-4/h13-14H,5-6,9-12H2,1-4,7-8H3. The molecule has 0 saturated heterocycles. The maximum atomic E-state index is 6.11. The maximum absolute atomic E-state index is 6.11. The Balaban J connectivity index is 5.98. The first kappa shape index (κ1) is 20.8. The van der Waals surface area contributed by atoms with Gasteiger partial charge in [-0.2, -0.15) is 0 Å². The van der Waals surface area contributed by atoms with E-state index in [2.05, 4.69) is 27.0 Å². The summed E-state index contributed by atoms with van der Waals surface area (Å²) in [6.45, 7) is 22.4. The molecule has 0 bridgehead atoms. The fraction of sp³-hybridized carbons (Fsp3) is 0.733. The molecule has 0 fully saturated rings. The smallest absolute Gasteiger partial charge is 0.372 e. The van der Waals surface area contributed by atoms with E-state index >= 15 is 0 Å². The molecule has 0 N–H and O–H groups in total. The van der Waals surface area contributed by atoms with E-state index in [0.717, 1.165) is 0 Å². The summed E-state index contributed by atoms with van der Waals surface area (Å²) in [5.74, 6) is 0. The molecular formula is C15H32O4Si2. The van der Waals surface area contributed by atoms with Crippen molar-refractivity contribution in [2.45, 2.75) is 46.2 Å². The van der Waals surface area contributed by atoms with Gasteiger partial charge in [-0.15, -0.1) is 13.2 Å². The summed E-state index contributed by atoms with van der Waals surface area (Å²) >= 11 is 0. The first-order valence-corrected chi connectivity index (χ1v) is 11.5. The summed E-state index contributed by atoms with van der Waals surface area (Å²) < 4.78 is 24.0. The Morgan fingerprint density at radius 1 is 0.714 bits per heavy atom. The largest absolute Gasteiger partial charge is 0.391 e. The first-order chi connectivity index (χ1) is 9.86. The van der Waals surface area contributed by atoms with Gasteiger partial charge in [-0.3, -0.25) is 0 Å². The van der Waals surface area contributed by atoms with Gasteiger partial charge >= 0.3 is 17.1 Å². The van der Waals surface area contributed by atoms with Crippen LogP contribution in [-0.2, 0) is 17.7 Å². The molecule has 0 heterocycles. The Labute approximate surface area is 132 Å². The molecule has 4 nitrogen and oxygen atoms in total. The van der Waals surface area contributed by atoms with E-state index in [4.69, 9.17) is 17.7 Å². The topological polar surface area (TPSA) is 36.9 Å². The second kappa shape index (κ2) is 9.02. The quantitative estimate of drug-likeness (QED) is 0.510. The van der Waals surface area contributed by atoms with E-state index in [1.54, 1.807) is 0 Å². The number of rotatable bonds is 12. The predicted octanol–water partition coefficient (Wildman–Crippen LogP) is 3.79. The molecule has 0 aliphatic rings. The second-order valence-electron chi connectivity index (χ2n) is 5.10. The van der Waals surface area contributed by atoms with Crippen LogP contribution in [0.5, 0.6) is 0 Å². The molecule has 0 unspecified atom stereocenters. The van der Waals surface area contributed by atoms with Crippen molar-refractivity contribution < 1.29 is 17.7 Å². The van der Waals surface area contributed by atoms with Gasteiger partial charge in [0, 0.05) is 26.4 Å². The summed E-state index contributed by atoms with van der Waals surface area (Å²) in [5.41, 5.74) is 3.70. The van der Waals surface area contributed by atoms with Crippen molar-refractivity contribution in [2.75, 3.05) is 26.4 Å². The van der Waals surface area contributed by atoms with Crippen molar-refractivity contribution in [3.8, 4) is 0 Å². The Bertz CT molecular complexity index is 290. The van der Waals surface area contributed by atoms with Gasteiger partial charge in [0.1, 0.15) is 0 Å². The van der Waals surface area contributed by atoms with Crippen molar-refractivity contribution in [2.24, 2.45) is 0 Å². The lowest BCUT2D eigenvalue weighted by Crippen LogP contribution is -2.65. The fourth-order valence-electron chi connectivity index (χ4n) is 2.65. The molecule has 21 heavy (non-hydrogen) atoms. The monoisotopic (exact) mass is 332 g/mol. The molecule has 0 radical (unpaired) electrons. The van der Waals surface area contributed by atoms with Gasteiger partial charge in [-0.1, -0.05) is 13.8 Å². The molecule has 0 aromatic carbocycles. The Hall–Kier alpha value is -0.246. The van der Waals surface area contributed by atoms with Crippen molar-refractivity contribution in [1.29, 1.82) is 0 Å². The Kier molecular flexibility index (Phi) is 8.91. The minimum absolute atomic E-state index is 0.415. The fourth-order valence-corrected chi connectivity index (χ4v) is 10.9. The van der Waals surface area contributed by atoms with Crippen LogP contribution in [0.4, 0.5) is 0 Å². The normalized spacial score (nSPS) is 13.2. The minimum atomic E-state index is -2.72. The van der Waals surface area contributed by atoms with Gasteiger partial charge in [-0.05, 0) is 39.1 Å². The van der Waals surface area contributed by atoms with Crippen LogP contribution in [0.25, 0.3) is 0 Å². The van der Waals surface area contributed by atoms with Crippen LogP contribution in [0.1, 0.15) is 41.5 Å². The zero-order valence-electron chi connectivity index (χ0n) is 14.5. The van der Waals surface area contributed by atoms with Crippen LogP contribution in [0.2, 0.25) is 4.66 Å². The van der Waals surface area contributed by atoms with Crippen molar-refractivity contribution >= 4 is 17.1 Å². The van der Waals surface area contributed by atoms with E-state index in [9.17, 15) is 0 Å². The zero-order chi connectivity index (χ0) is 16.6. The highest BCUT2D eigenvalue weighted by Gasteiger charge is 2.65. The van der Waals surface area contributed by atoms with Crippen LogP contribution in [0.15, 0.2) is 24.6 Å². The Morgan fingerprint density at radius 2 is 0.952 bits per heavy atom. The van der Waals surface area contributed by atoms with Crippen molar-refractivity contribution in [3.63, 3.8) is 0 Å². The highest BCUT2D eigenvalue weighted by Crippen LogP contribution is 2.48. The number of hydrogen-bond donors (Lipinski definition) is 0. The summed E-state index contributed by atoms with van der Waals surface area (Å²) in [6, 6.07) is 0. The average molecular weight is 333 g/mol. The lowest BCUT2D eigenvalue weighted by molar-refractivity contribution is 0.145. The molecule has 0 rings (SSSR count). The van der Waals surface area contributed by atoms with Crippen LogP contribution >= 0.6 is 0 Å². The van der Waals surface area contributed by atoms with E-state index < -0.39 is 21.8 Å². The summed E-state index contributed by atoms with van der Waals surface area (Å²) in [6.07, 6.45) is 0. The van der Waals surface area contributed by atoms with Gasteiger partial charge in [-0.25, -0.2) is 0 Å². The third-order valence-corrected chi connectivity index (χ3v) is 13.2. The zero-order valence-corrected chi connectivity index (χ0v) is 16.5. The van der Waals surface area contributed by atoms with Gasteiger partial charge in [0.2, 0.25) is 0 Å². The molecule has 0 atom stereocenters. The van der Waals surface area contributed by atoms with Crippen LogP contribution in [0.3, 0.4) is 0 Å². The van der Waals surface area contributed by atoms with Gasteiger partial charge < -0.3 is 17.7 Å². The molecule has 0 saturated carbocycles. The van der Waals surface area contributed by atoms with E-state index in [1.165, 1.54) is 0 Å².